The van der Waals surface area contributed by atoms with Gasteiger partial charge in [0.25, 0.3) is 5.91 Å². The lowest BCUT2D eigenvalue weighted by Gasteiger charge is -2.18. The Balaban J connectivity index is 2.43. The number of amides is 1. The van der Waals surface area contributed by atoms with Crippen molar-refractivity contribution in [3.8, 4) is 5.69 Å². The smallest absolute Gasteiger partial charge is 0.257 e. The Morgan fingerprint density at radius 1 is 1.14 bits per heavy atom. The average molecular weight is 285 g/mol. The fourth-order valence-electron chi connectivity index (χ4n) is 2.48. The van der Waals surface area contributed by atoms with Crippen LogP contribution in [0.5, 0.6) is 0 Å². The minimum absolute atomic E-state index is 0.0650. The van der Waals surface area contributed by atoms with Crippen LogP contribution < -0.4 is 0 Å². The molecular weight excluding hydrogens is 262 g/mol. The summed E-state index contributed by atoms with van der Waals surface area (Å²) in [5.74, 6) is 0.0650. The molecule has 1 heterocycles. The van der Waals surface area contributed by atoms with Gasteiger partial charge in [-0.3, -0.25) is 4.79 Å². The van der Waals surface area contributed by atoms with E-state index in [4.69, 9.17) is 0 Å². The maximum Gasteiger partial charge on any atom is 0.257 e. The molecule has 0 bridgehead atoms. The highest BCUT2D eigenvalue weighted by molar-refractivity contribution is 5.95. The number of hydrogen-bond acceptors (Lipinski definition) is 2. The summed E-state index contributed by atoms with van der Waals surface area (Å²) >= 11 is 0. The lowest BCUT2D eigenvalue weighted by molar-refractivity contribution is 0.0772. The second kappa shape index (κ2) is 6.57. The zero-order valence-corrected chi connectivity index (χ0v) is 13.3. The predicted molar refractivity (Wildman–Crippen MR) is 84.9 cm³/mol. The van der Waals surface area contributed by atoms with Crippen LogP contribution in [0, 0.1) is 6.92 Å². The number of hydrogen-bond donors (Lipinski definition) is 0. The van der Waals surface area contributed by atoms with Crippen molar-refractivity contribution in [2.75, 3.05) is 13.1 Å². The Kier molecular flexibility index (Phi) is 4.78. The van der Waals surface area contributed by atoms with Gasteiger partial charge in [0.2, 0.25) is 0 Å². The first-order chi connectivity index (χ1) is 10.1. The zero-order chi connectivity index (χ0) is 15.4. The van der Waals surface area contributed by atoms with Gasteiger partial charge in [-0.15, -0.1) is 0 Å². The third-order valence-corrected chi connectivity index (χ3v) is 3.76. The van der Waals surface area contributed by atoms with Gasteiger partial charge in [-0.2, -0.15) is 5.10 Å². The Morgan fingerprint density at radius 3 is 2.29 bits per heavy atom. The molecule has 1 aromatic carbocycles. The molecule has 0 aliphatic carbocycles. The molecule has 0 unspecified atom stereocenters. The first-order valence-electron chi connectivity index (χ1n) is 7.55. The number of nitrogens with zero attached hydrogens (tertiary/aromatic N) is 3. The van der Waals surface area contributed by atoms with E-state index in [1.165, 1.54) is 5.56 Å². The van der Waals surface area contributed by atoms with Crippen molar-refractivity contribution in [3.63, 3.8) is 0 Å². The third kappa shape index (κ3) is 2.99. The van der Waals surface area contributed by atoms with Gasteiger partial charge in [0.05, 0.1) is 23.1 Å². The van der Waals surface area contributed by atoms with Crippen molar-refractivity contribution in [1.29, 1.82) is 0 Å². The molecule has 2 aromatic rings. The topological polar surface area (TPSA) is 38.1 Å². The molecule has 21 heavy (non-hydrogen) atoms. The summed E-state index contributed by atoms with van der Waals surface area (Å²) in [6, 6.07) is 8.19. The summed E-state index contributed by atoms with van der Waals surface area (Å²) in [5.41, 5.74) is 3.89. The van der Waals surface area contributed by atoms with Gasteiger partial charge >= 0.3 is 0 Å². The summed E-state index contributed by atoms with van der Waals surface area (Å²) in [6.45, 7) is 9.54. The van der Waals surface area contributed by atoms with Crippen LogP contribution in [0.3, 0.4) is 0 Å². The van der Waals surface area contributed by atoms with E-state index in [1.807, 2.05) is 35.6 Å². The fraction of sp³-hybridized carbons (Fsp3) is 0.412. The first-order valence-corrected chi connectivity index (χ1v) is 7.55. The lowest BCUT2D eigenvalue weighted by Crippen LogP contribution is -2.31. The molecule has 0 spiro atoms. The Labute approximate surface area is 126 Å². The summed E-state index contributed by atoms with van der Waals surface area (Å²) in [7, 11) is 0. The van der Waals surface area contributed by atoms with E-state index in [1.54, 1.807) is 6.20 Å². The molecule has 0 aliphatic rings. The number of benzene rings is 1. The quantitative estimate of drug-likeness (QED) is 0.846. The average Bonchev–Trinajstić information content (AvgIpc) is 2.93. The van der Waals surface area contributed by atoms with Crippen molar-refractivity contribution in [3.05, 3.63) is 47.3 Å². The molecule has 2 rings (SSSR count). The van der Waals surface area contributed by atoms with E-state index in [-0.39, 0.29) is 5.91 Å². The largest absolute Gasteiger partial charge is 0.339 e. The van der Waals surface area contributed by atoms with Gasteiger partial charge in [0, 0.05) is 13.1 Å². The van der Waals surface area contributed by atoms with E-state index in [0.29, 0.717) is 18.7 Å². The van der Waals surface area contributed by atoms with Gasteiger partial charge in [0.15, 0.2) is 0 Å². The van der Waals surface area contributed by atoms with Crippen LogP contribution in [0.4, 0.5) is 0 Å². The minimum atomic E-state index is 0.0650. The molecule has 0 fully saturated rings. The minimum Gasteiger partial charge on any atom is -0.339 e. The second-order valence-electron chi connectivity index (χ2n) is 5.08. The highest BCUT2D eigenvalue weighted by atomic mass is 16.2. The summed E-state index contributed by atoms with van der Waals surface area (Å²) in [4.78, 5) is 14.4. The molecule has 1 amide bonds. The van der Waals surface area contributed by atoms with Gasteiger partial charge in [-0.25, -0.2) is 4.68 Å². The van der Waals surface area contributed by atoms with Crippen molar-refractivity contribution in [1.82, 2.24) is 14.7 Å². The molecule has 4 nitrogen and oxygen atoms in total. The van der Waals surface area contributed by atoms with Crippen LogP contribution >= 0.6 is 0 Å². The molecule has 0 atom stereocenters. The van der Waals surface area contributed by atoms with Crippen molar-refractivity contribution < 1.29 is 4.79 Å². The standard InChI is InChI=1S/C17H23N3O/c1-5-16-15(17(21)19(6-2)7-3)12-18-20(16)14-10-8-13(4)9-11-14/h8-12H,5-7H2,1-4H3. The number of rotatable bonds is 5. The SMILES string of the molecule is CCc1c(C(=O)N(CC)CC)cnn1-c1ccc(C)cc1. The van der Waals surface area contributed by atoms with Crippen molar-refractivity contribution >= 4 is 5.91 Å². The highest BCUT2D eigenvalue weighted by Crippen LogP contribution is 2.18. The molecule has 0 aliphatic heterocycles. The lowest BCUT2D eigenvalue weighted by atomic mass is 10.1. The van der Waals surface area contributed by atoms with E-state index in [2.05, 4.69) is 31.1 Å². The number of aromatic nitrogens is 2. The number of carbonyl (C=O) groups excluding carboxylic acids is 1. The molecule has 0 saturated carbocycles. The van der Waals surface area contributed by atoms with Gasteiger partial charge in [-0.1, -0.05) is 24.6 Å². The fourth-order valence-corrected chi connectivity index (χ4v) is 2.48. The normalized spacial score (nSPS) is 10.7. The van der Waals surface area contributed by atoms with E-state index in [0.717, 1.165) is 17.8 Å². The zero-order valence-electron chi connectivity index (χ0n) is 13.3. The predicted octanol–water partition coefficient (Wildman–Crippen LogP) is 3.23. The van der Waals surface area contributed by atoms with E-state index >= 15 is 0 Å². The number of aryl methyl sites for hydroxylation is 1. The first kappa shape index (κ1) is 15.3. The molecular formula is C17H23N3O. The summed E-state index contributed by atoms with van der Waals surface area (Å²) < 4.78 is 1.87. The van der Waals surface area contributed by atoms with Crippen LogP contribution in [0.1, 0.15) is 42.4 Å². The van der Waals surface area contributed by atoms with E-state index in [9.17, 15) is 4.79 Å². The maximum atomic E-state index is 12.6. The highest BCUT2D eigenvalue weighted by Gasteiger charge is 2.20. The van der Waals surface area contributed by atoms with Crippen LogP contribution in [-0.4, -0.2) is 33.7 Å². The molecule has 112 valence electrons. The van der Waals surface area contributed by atoms with E-state index < -0.39 is 0 Å². The van der Waals surface area contributed by atoms with Gasteiger partial charge in [-0.05, 0) is 39.3 Å². The molecule has 0 N–H and O–H groups in total. The van der Waals surface area contributed by atoms with Crippen LogP contribution in [-0.2, 0) is 6.42 Å². The van der Waals surface area contributed by atoms with Crippen molar-refractivity contribution in [2.24, 2.45) is 0 Å². The Morgan fingerprint density at radius 2 is 1.76 bits per heavy atom. The third-order valence-electron chi connectivity index (χ3n) is 3.76. The summed E-state index contributed by atoms with van der Waals surface area (Å²) in [6.07, 6.45) is 2.47. The van der Waals surface area contributed by atoms with Crippen LogP contribution in [0.15, 0.2) is 30.5 Å². The van der Waals surface area contributed by atoms with Gasteiger partial charge in [0.1, 0.15) is 0 Å². The Bertz CT molecular complexity index is 609. The maximum absolute atomic E-state index is 12.6. The van der Waals surface area contributed by atoms with Crippen LogP contribution in [0.2, 0.25) is 0 Å². The Hall–Kier alpha value is -2.10. The molecule has 4 heteroatoms. The molecule has 0 radical (unpaired) electrons. The monoisotopic (exact) mass is 285 g/mol. The number of carbonyl (C=O) groups is 1. The molecule has 1 aromatic heterocycles. The summed E-state index contributed by atoms with van der Waals surface area (Å²) in [5, 5.41) is 4.43. The van der Waals surface area contributed by atoms with Gasteiger partial charge < -0.3 is 4.90 Å². The second-order valence-corrected chi connectivity index (χ2v) is 5.08. The molecule has 0 saturated heterocycles. The van der Waals surface area contributed by atoms with Crippen LogP contribution in [0.25, 0.3) is 5.69 Å². The van der Waals surface area contributed by atoms with Crippen molar-refractivity contribution in [2.45, 2.75) is 34.1 Å².